The second-order valence-electron chi connectivity index (χ2n) is 5.22. The van der Waals surface area contributed by atoms with Gasteiger partial charge in [-0.15, -0.1) is 0 Å². The van der Waals surface area contributed by atoms with Crippen LogP contribution in [0.3, 0.4) is 0 Å². The van der Waals surface area contributed by atoms with Crippen LogP contribution in [0.2, 0.25) is 0 Å². The molecule has 1 unspecified atom stereocenters. The van der Waals surface area contributed by atoms with E-state index in [0.29, 0.717) is 18.8 Å². The Hall–Kier alpha value is -0.590. The highest BCUT2D eigenvalue weighted by Crippen LogP contribution is 2.25. The lowest BCUT2D eigenvalue weighted by Gasteiger charge is -2.27. The molecule has 0 aliphatic heterocycles. The Morgan fingerprint density at radius 2 is 1.94 bits per heavy atom. The van der Waals surface area contributed by atoms with E-state index in [1.165, 1.54) is 12.8 Å². The average Bonchev–Trinajstić information content (AvgIpc) is 2.26. The van der Waals surface area contributed by atoms with Crippen LogP contribution in [-0.4, -0.2) is 24.8 Å². The molecule has 3 nitrogen and oxygen atoms in total. The van der Waals surface area contributed by atoms with E-state index >= 15 is 0 Å². The van der Waals surface area contributed by atoms with Crippen LogP contribution in [0.5, 0.6) is 0 Å². The zero-order valence-electron chi connectivity index (χ0n) is 10.7. The maximum atomic E-state index is 8.95. The van der Waals surface area contributed by atoms with Gasteiger partial charge in [-0.3, -0.25) is 5.32 Å². The minimum atomic E-state index is -0.167. The molecule has 3 heteroatoms. The summed E-state index contributed by atoms with van der Waals surface area (Å²) in [5, 5.41) is 12.1. The zero-order chi connectivity index (χ0) is 12.0. The molecular formula is C13H24N2O. The third-order valence-electron chi connectivity index (χ3n) is 3.15. The third-order valence-corrected chi connectivity index (χ3v) is 3.15. The van der Waals surface area contributed by atoms with Gasteiger partial charge in [-0.1, -0.05) is 6.92 Å². The van der Waals surface area contributed by atoms with Gasteiger partial charge < -0.3 is 4.74 Å². The summed E-state index contributed by atoms with van der Waals surface area (Å²) in [6.45, 7) is 6.92. The van der Waals surface area contributed by atoms with Gasteiger partial charge in [0.05, 0.1) is 18.8 Å². The standard InChI is InChI=1S/C13H24N2O/c1-10(2)15-12(8-14)9-16-13-6-4-11(3)5-7-13/h10-13,15H,4-7,9H2,1-3H3. The highest BCUT2D eigenvalue weighted by atomic mass is 16.5. The van der Waals surface area contributed by atoms with Crippen LogP contribution < -0.4 is 5.32 Å². The molecule has 0 radical (unpaired) electrons. The molecule has 1 N–H and O–H groups in total. The fraction of sp³-hybridized carbons (Fsp3) is 0.923. The number of hydrogen-bond donors (Lipinski definition) is 1. The van der Waals surface area contributed by atoms with E-state index < -0.39 is 0 Å². The molecule has 92 valence electrons. The minimum Gasteiger partial charge on any atom is -0.375 e. The molecule has 1 fully saturated rings. The molecule has 0 heterocycles. The van der Waals surface area contributed by atoms with Gasteiger partial charge in [0.25, 0.3) is 0 Å². The summed E-state index contributed by atoms with van der Waals surface area (Å²) < 4.78 is 5.80. The van der Waals surface area contributed by atoms with E-state index in [2.05, 4.69) is 18.3 Å². The van der Waals surface area contributed by atoms with Gasteiger partial charge in [-0.05, 0) is 45.4 Å². The van der Waals surface area contributed by atoms with Crippen LogP contribution >= 0.6 is 0 Å². The summed E-state index contributed by atoms with van der Waals surface area (Å²) in [5.74, 6) is 0.848. The maximum absolute atomic E-state index is 8.95. The van der Waals surface area contributed by atoms with E-state index in [4.69, 9.17) is 10.00 Å². The van der Waals surface area contributed by atoms with Gasteiger partial charge in [0.1, 0.15) is 6.04 Å². The first-order valence-electron chi connectivity index (χ1n) is 6.39. The van der Waals surface area contributed by atoms with Crippen molar-refractivity contribution in [3.05, 3.63) is 0 Å². The molecular weight excluding hydrogens is 200 g/mol. The largest absolute Gasteiger partial charge is 0.375 e. The molecule has 1 aliphatic rings. The first-order chi connectivity index (χ1) is 7.61. The molecule has 1 rings (SSSR count). The number of ether oxygens (including phenoxy) is 1. The van der Waals surface area contributed by atoms with Crippen LogP contribution in [0, 0.1) is 17.2 Å². The lowest BCUT2D eigenvalue weighted by Crippen LogP contribution is -2.38. The van der Waals surface area contributed by atoms with Crippen molar-refractivity contribution < 1.29 is 4.74 Å². The number of rotatable bonds is 5. The Bertz CT molecular complexity index is 227. The van der Waals surface area contributed by atoms with Crippen molar-refractivity contribution in [3.63, 3.8) is 0 Å². The Kier molecular flexibility index (Phi) is 5.79. The summed E-state index contributed by atoms with van der Waals surface area (Å²) in [6.07, 6.45) is 5.21. The van der Waals surface area contributed by atoms with Crippen LogP contribution in [0.25, 0.3) is 0 Å². The van der Waals surface area contributed by atoms with E-state index in [0.717, 1.165) is 18.8 Å². The fourth-order valence-electron chi connectivity index (χ4n) is 2.15. The molecule has 16 heavy (non-hydrogen) atoms. The average molecular weight is 224 g/mol. The highest BCUT2D eigenvalue weighted by molar-refractivity contribution is 4.90. The normalized spacial score (nSPS) is 27.7. The van der Waals surface area contributed by atoms with Gasteiger partial charge in [-0.2, -0.15) is 5.26 Å². The molecule has 1 saturated carbocycles. The minimum absolute atomic E-state index is 0.167. The molecule has 0 aromatic rings. The van der Waals surface area contributed by atoms with Crippen LogP contribution in [0.4, 0.5) is 0 Å². The first-order valence-corrected chi connectivity index (χ1v) is 6.39. The molecule has 0 aromatic carbocycles. The second kappa shape index (κ2) is 6.88. The van der Waals surface area contributed by atoms with Crippen molar-refractivity contribution >= 4 is 0 Å². The smallest absolute Gasteiger partial charge is 0.119 e. The summed E-state index contributed by atoms with van der Waals surface area (Å²) >= 11 is 0. The molecule has 0 spiro atoms. The maximum Gasteiger partial charge on any atom is 0.119 e. The lowest BCUT2D eigenvalue weighted by molar-refractivity contribution is 0.0137. The highest BCUT2D eigenvalue weighted by Gasteiger charge is 2.20. The Morgan fingerprint density at radius 1 is 1.31 bits per heavy atom. The summed E-state index contributed by atoms with van der Waals surface area (Å²) in [4.78, 5) is 0. The molecule has 0 amide bonds. The lowest BCUT2D eigenvalue weighted by atomic mass is 9.89. The molecule has 1 atom stereocenters. The predicted octanol–water partition coefficient (Wildman–Crippen LogP) is 2.47. The van der Waals surface area contributed by atoms with Crippen LogP contribution in [0.1, 0.15) is 46.5 Å². The fourth-order valence-corrected chi connectivity index (χ4v) is 2.15. The summed E-state index contributed by atoms with van der Waals surface area (Å²) in [6, 6.07) is 2.41. The zero-order valence-corrected chi connectivity index (χ0v) is 10.7. The van der Waals surface area contributed by atoms with E-state index in [1.807, 2.05) is 13.8 Å². The van der Waals surface area contributed by atoms with Gasteiger partial charge >= 0.3 is 0 Å². The number of nitrogens with one attached hydrogen (secondary N) is 1. The molecule has 1 aliphatic carbocycles. The van der Waals surface area contributed by atoms with E-state index in [1.54, 1.807) is 0 Å². The third kappa shape index (κ3) is 4.96. The topological polar surface area (TPSA) is 45.0 Å². The van der Waals surface area contributed by atoms with Gasteiger partial charge in [0, 0.05) is 6.04 Å². The Morgan fingerprint density at radius 3 is 2.44 bits per heavy atom. The number of nitriles is 1. The van der Waals surface area contributed by atoms with Crippen molar-refractivity contribution in [3.8, 4) is 6.07 Å². The quantitative estimate of drug-likeness (QED) is 0.780. The summed E-state index contributed by atoms with van der Waals surface area (Å²) in [7, 11) is 0. The van der Waals surface area contributed by atoms with E-state index in [-0.39, 0.29) is 6.04 Å². The molecule has 0 bridgehead atoms. The van der Waals surface area contributed by atoms with Crippen LogP contribution in [0.15, 0.2) is 0 Å². The van der Waals surface area contributed by atoms with Crippen molar-refractivity contribution in [1.29, 1.82) is 5.26 Å². The molecule has 0 aromatic heterocycles. The first kappa shape index (κ1) is 13.5. The number of hydrogen-bond acceptors (Lipinski definition) is 3. The van der Waals surface area contributed by atoms with Gasteiger partial charge in [0.2, 0.25) is 0 Å². The van der Waals surface area contributed by atoms with Gasteiger partial charge in [-0.25, -0.2) is 0 Å². The monoisotopic (exact) mass is 224 g/mol. The summed E-state index contributed by atoms with van der Waals surface area (Å²) in [5.41, 5.74) is 0. The van der Waals surface area contributed by atoms with Crippen LogP contribution in [-0.2, 0) is 4.74 Å². The van der Waals surface area contributed by atoms with Crippen molar-refractivity contribution in [2.24, 2.45) is 5.92 Å². The van der Waals surface area contributed by atoms with E-state index in [9.17, 15) is 0 Å². The number of nitrogens with zero attached hydrogens (tertiary/aromatic N) is 1. The predicted molar refractivity (Wildman–Crippen MR) is 65.0 cm³/mol. The van der Waals surface area contributed by atoms with Crippen molar-refractivity contribution in [2.75, 3.05) is 6.61 Å². The van der Waals surface area contributed by atoms with Crippen molar-refractivity contribution in [2.45, 2.75) is 64.6 Å². The molecule has 0 saturated heterocycles. The SMILES string of the molecule is CC1CCC(OCC(C#N)NC(C)C)CC1. The van der Waals surface area contributed by atoms with Gasteiger partial charge in [0.15, 0.2) is 0 Å². The Balaban J connectivity index is 2.20. The van der Waals surface area contributed by atoms with Crippen molar-refractivity contribution in [1.82, 2.24) is 5.32 Å². The Labute approximate surface area is 99.2 Å². The second-order valence-corrected chi connectivity index (χ2v) is 5.22.